The maximum Gasteiger partial charge on any atom is 0.332 e. The summed E-state index contributed by atoms with van der Waals surface area (Å²) in [7, 11) is 0. The molecule has 0 heterocycles. The lowest BCUT2D eigenvalue weighted by Gasteiger charge is -2.18. The molecule has 2 unspecified atom stereocenters. The smallest absolute Gasteiger partial charge is 0.332 e. The van der Waals surface area contributed by atoms with Gasteiger partial charge in [0.25, 0.3) is 0 Å². The fraction of sp³-hybridized carbons (Fsp3) is 0.833. The molecule has 0 radical (unpaired) electrons. The molecule has 2 atom stereocenters. The predicted octanol–water partition coefficient (Wildman–Crippen LogP) is 0.572. The van der Waals surface area contributed by atoms with Gasteiger partial charge in [-0.3, -0.25) is 4.79 Å². The summed E-state index contributed by atoms with van der Waals surface area (Å²) < 4.78 is 4.71. The quantitative estimate of drug-likeness (QED) is 0.505. The van der Waals surface area contributed by atoms with E-state index in [0.29, 0.717) is 0 Å². The van der Waals surface area contributed by atoms with Gasteiger partial charge in [0.2, 0.25) is 5.91 Å². The molecule has 0 aromatic carbocycles. The minimum absolute atomic E-state index is 0.121. The summed E-state index contributed by atoms with van der Waals surface area (Å²) in [6.07, 6.45) is 4.34. The van der Waals surface area contributed by atoms with E-state index in [9.17, 15) is 9.59 Å². The number of esters is 1. The summed E-state index contributed by atoms with van der Waals surface area (Å²) in [4.78, 5) is 23.0. The molecule has 1 saturated carbocycles. The maximum absolute atomic E-state index is 11.7. The molecule has 0 spiro atoms. The van der Waals surface area contributed by atoms with E-state index in [2.05, 4.69) is 5.32 Å². The van der Waals surface area contributed by atoms with Gasteiger partial charge in [-0.05, 0) is 25.7 Å². The van der Waals surface area contributed by atoms with Crippen molar-refractivity contribution in [1.29, 1.82) is 0 Å². The number of nitrogens with two attached hydrogens (primary N) is 1. The zero-order valence-corrected chi connectivity index (χ0v) is 10.6. The van der Waals surface area contributed by atoms with Crippen LogP contribution in [-0.4, -0.2) is 30.6 Å². The molecule has 0 saturated heterocycles. The highest BCUT2D eigenvalue weighted by Crippen LogP contribution is 2.33. The largest absolute Gasteiger partial charge is 0.464 e. The van der Waals surface area contributed by atoms with E-state index < -0.39 is 17.9 Å². The fourth-order valence-corrected chi connectivity index (χ4v) is 1.71. The van der Waals surface area contributed by atoms with Gasteiger partial charge >= 0.3 is 5.97 Å². The minimum atomic E-state index is -1.21. The third kappa shape index (κ3) is 4.73. The van der Waals surface area contributed by atoms with Crippen molar-refractivity contribution in [3.05, 3.63) is 0 Å². The molecule has 98 valence electrons. The molecule has 17 heavy (non-hydrogen) atoms. The van der Waals surface area contributed by atoms with Crippen LogP contribution < -0.4 is 11.1 Å². The molecule has 3 N–H and O–H groups in total. The van der Waals surface area contributed by atoms with Crippen LogP contribution in [0.4, 0.5) is 0 Å². The third-order valence-corrected chi connectivity index (χ3v) is 2.98. The number of hydrogen-bond donors (Lipinski definition) is 2. The summed E-state index contributed by atoms with van der Waals surface area (Å²) in [5, 5.41) is 2.81. The second kappa shape index (κ2) is 6.59. The summed E-state index contributed by atoms with van der Waals surface area (Å²) >= 11 is 0. The second-order valence-corrected chi connectivity index (χ2v) is 4.52. The van der Waals surface area contributed by atoms with Gasteiger partial charge in [-0.25, -0.2) is 4.79 Å². The highest BCUT2D eigenvalue weighted by atomic mass is 16.5. The Morgan fingerprint density at radius 3 is 2.53 bits per heavy atom. The van der Waals surface area contributed by atoms with Crippen molar-refractivity contribution in [3.8, 4) is 0 Å². The van der Waals surface area contributed by atoms with Gasteiger partial charge in [0.1, 0.15) is 0 Å². The molecule has 0 aromatic rings. The molecule has 1 fully saturated rings. The van der Waals surface area contributed by atoms with E-state index in [1.165, 1.54) is 12.8 Å². The van der Waals surface area contributed by atoms with Crippen molar-refractivity contribution in [2.75, 3.05) is 6.61 Å². The molecule has 1 aliphatic rings. The van der Waals surface area contributed by atoms with Gasteiger partial charge in [-0.15, -0.1) is 0 Å². The van der Waals surface area contributed by atoms with E-state index >= 15 is 0 Å². The minimum Gasteiger partial charge on any atom is -0.464 e. The second-order valence-electron chi connectivity index (χ2n) is 4.52. The normalized spacial score (nSPS) is 18.3. The molecule has 1 aliphatic carbocycles. The number of ether oxygens (including phenoxy) is 1. The molecule has 0 bridgehead atoms. The fourth-order valence-electron chi connectivity index (χ4n) is 1.71. The molecule has 5 nitrogen and oxygen atoms in total. The Bertz CT molecular complexity index is 277. The van der Waals surface area contributed by atoms with Crippen LogP contribution in [0.2, 0.25) is 0 Å². The lowest BCUT2D eigenvalue weighted by molar-refractivity contribution is -0.148. The average molecular weight is 242 g/mol. The number of rotatable bonds is 7. The molecule has 0 aromatic heterocycles. The summed E-state index contributed by atoms with van der Waals surface area (Å²) in [6.45, 7) is 3.94. The first-order chi connectivity index (χ1) is 8.08. The first-order valence-corrected chi connectivity index (χ1v) is 6.31. The van der Waals surface area contributed by atoms with Gasteiger partial charge < -0.3 is 15.8 Å². The number of nitrogens with one attached hydrogen (secondary N) is 1. The van der Waals surface area contributed by atoms with Gasteiger partial charge in [-0.2, -0.15) is 0 Å². The Balaban J connectivity index is 2.36. The van der Waals surface area contributed by atoms with Crippen LogP contribution in [0.1, 0.15) is 39.5 Å². The van der Waals surface area contributed by atoms with Crippen LogP contribution in [0, 0.1) is 5.92 Å². The van der Waals surface area contributed by atoms with E-state index in [4.69, 9.17) is 10.5 Å². The number of carbonyl (C=O) groups excluding carboxylic acids is 2. The van der Waals surface area contributed by atoms with Gasteiger partial charge in [0, 0.05) is 6.04 Å². The van der Waals surface area contributed by atoms with Crippen molar-refractivity contribution in [2.24, 2.45) is 11.7 Å². The lowest BCUT2D eigenvalue weighted by Crippen LogP contribution is -2.50. The van der Waals surface area contributed by atoms with Crippen molar-refractivity contribution in [3.63, 3.8) is 0 Å². The lowest BCUT2D eigenvalue weighted by atomic mass is 10.1. The Morgan fingerprint density at radius 1 is 1.41 bits per heavy atom. The molecular weight excluding hydrogens is 220 g/mol. The number of amides is 1. The molecule has 1 rings (SSSR count). The standard InChI is InChI=1S/C12H22N2O3/c1-3-9(7-8-5-6-8)14-11(15)10(13)12(16)17-4-2/h8-10H,3-7,13H2,1-2H3,(H,14,15). The van der Waals surface area contributed by atoms with Crippen LogP contribution in [0.3, 0.4) is 0 Å². The van der Waals surface area contributed by atoms with Gasteiger partial charge in [0.05, 0.1) is 6.61 Å². The van der Waals surface area contributed by atoms with E-state index in [-0.39, 0.29) is 12.6 Å². The topological polar surface area (TPSA) is 81.4 Å². The first-order valence-electron chi connectivity index (χ1n) is 6.31. The Labute approximate surface area is 102 Å². The van der Waals surface area contributed by atoms with E-state index in [1.807, 2.05) is 6.92 Å². The van der Waals surface area contributed by atoms with Gasteiger partial charge in [-0.1, -0.05) is 19.8 Å². The van der Waals surface area contributed by atoms with Crippen LogP contribution >= 0.6 is 0 Å². The number of hydrogen-bond acceptors (Lipinski definition) is 4. The van der Waals surface area contributed by atoms with E-state index in [1.54, 1.807) is 6.92 Å². The highest BCUT2D eigenvalue weighted by Gasteiger charge is 2.28. The van der Waals surface area contributed by atoms with Crippen LogP contribution in [0.5, 0.6) is 0 Å². The average Bonchev–Trinajstić information content (AvgIpc) is 3.11. The number of carbonyl (C=O) groups is 2. The van der Waals surface area contributed by atoms with Crippen LogP contribution in [-0.2, 0) is 14.3 Å². The van der Waals surface area contributed by atoms with Crippen molar-refractivity contribution in [2.45, 2.75) is 51.6 Å². The van der Waals surface area contributed by atoms with Crippen molar-refractivity contribution in [1.82, 2.24) is 5.32 Å². The Morgan fingerprint density at radius 2 is 2.06 bits per heavy atom. The summed E-state index contributed by atoms with van der Waals surface area (Å²) in [5.74, 6) is -0.360. The Kier molecular flexibility index (Phi) is 5.41. The first kappa shape index (κ1) is 14.0. The highest BCUT2D eigenvalue weighted by molar-refractivity contribution is 6.01. The van der Waals surface area contributed by atoms with Crippen molar-refractivity contribution < 1.29 is 14.3 Å². The summed E-state index contributed by atoms with van der Waals surface area (Å²) in [5.41, 5.74) is 5.51. The van der Waals surface area contributed by atoms with Crippen LogP contribution in [0.25, 0.3) is 0 Å². The van der Waals surface area contributed by atoms with E-state index in [0.717, 1.165) is 18.8 Å². The van der Waals surface area contributed by atoms with Gasteiger partial charge in [0.15, 0.2) is 6.04 Å². The predicted molar refractivity (Wildman–Crippen MR) is 64.2 cm³/mol. The third-order valence-electron chi connectivity index (χ3n) is 2.98. The zero-order chi connectivity index (χ0) is 12.8. The zero-order valence-electron chi connectivity index (χ0n) is 10.6. The molecule has 1 amide bonds. The van der Waals surface area contributed by atoms with Crippen molar-refractivity contribution >= 4 is 11.9 Å². The Hall–Kier alpha value is -1.10. The molecule has 0 aliphatic heterocycles. The molecule has 5 heteroatoms. The van der Waals surface area contributed by atoms with Crippen LogP contribution in [0.15, 0.2) is 0 Å². The SMILES string of the molecule is CCOC(=O)C(N)C(=O)NC(CC)CC1CC1. The maximum atomic E-state index is 11.7. The molecular formula is C12H22N2O3. The monoisotopic (exact) mass is 242 g/mol. The summed E-state index contributed by atoms with van der Waals surface area (Å²) in [6, 6.07) is -1.08.